The molecule has 2 aromatic rings. The van der Waals surface area contributed by atoms with E-state index in [2.05, 4.69) is 21.1 Å². The number of aliphatic carboxylic acids is 1. The van der Waals surface area contributed by atoms with Gasteiger partial charge in [0.1, 0.15) is 0 Å². The van der Waals surface area contributed by atoms with Crippen LogP contribution in [0.15, 0.2) is 54.6 Å². The summed E-state index contributed by atoms with van der Waals surface area (Å²) >= 11 is 0. The summed E-state index contributed by atoms with van der Waals surface area (Å²) in [4.78, 5) is 42.1. The molecule has 1 fully saturated rings. The van der Waals surface area contributed by atoms with Crippen LogP contribution in [0.5, 0.6) is 0 Å². The number of ketones is 1. The Kier molecular flexibility index (Phi) is 10.8. The normalized spacial score (nSPS) is 20.8. The Morgan fingerprint density at radius 2 is 1.74 bits per heavy atom. The Hall–Kier alpha value is -3.07. The number of carboxylic acid groups (broad SMARTS) is 1. The van der Waals surface area contributed by atoms with Crippen molar-refractivity contribution >= 4 is 17.7 Å². The van der Waals surface area contributed by atoms with E-state index in [1.165, 1.54) is 12.6 Å². The number of nitrogens with zero attached hydrogens (tertiary/aromatic N) is 1. The van der Waals surface area contributed by atoms with Crippen molar-refractivity contribution in [2.45, 2.75) is 69.9 Å². The molecule has 39 heavy (non-hydrogen) atoms. The number of hydrogen-bond acceptors (Lipinski definition) is 6. The summed E-state index contributed by atoms with van der Waals surface area (Å²) in [6.07, 6.45) is 3.14. The lowest BCUT2D eigenvalue weighted by Crippen LogP contribution is -2.71. The van der Waals surface area contributed by atoms with Crippen molar-refractivity contribution in [1.82, 2.24) is 21.1 Å². The number of benzene rings is 2. The highest BCUT2D eigenvalue weighted by molar-refractivity contribution is 6.12. The van der Waals surface area contributed by atoms with Gasteiger partial charge in [-0.25, -0.2) is 5.43 Å². The minimum absolute atomic E-state index is 0.0111. The molecule has 212 valence electrons. The van der Waals surface area contributed by atoms with Crippen LogP contribution in [-0.4, -0.2) is 60.9 Å². The van der Waals surface area contributed by atoms with Crippen LogP contribution in [0.2, 0.25) is 0 Å². The monoisotopic (exact) mass is 536 g/mol. The van der Waals surface area contributed by atoms with Crippen LogP contribution in [0.3, 0.4) is 0 Å². The lowest BCUT2D eigenvalue weighted by molar-refractivity contribution is -0.150. The van der Waals surface area contributed by atoms with Crippen LogP contribution in [-0.2, 0) is 27.3 Å². The highest BCUT2D eigenvalue weighted by Crippen LogP contribution is 2.39. The third-order valence-corrected chi connectivity index (χ3v) is 8.20. The molecule has 0 bridgehead atoms. The predicted octanol–water partition coefficient (Wildman–Crippen LogP) is 3.67. The Morgan fingerprint density at radius 3 is 2.33 bits per heavy atom. The van der Waals surface area contributed by atoms with Crippen molar-refractivity contribution in [3.05, 3.63) is 71.3 Å². The van der Waals surface area contributed by atoms with Gasteiger partial charge >= 0.3 is 5.97 Å². The van der Waals surface area contributed by atoms with Gasteiger partial charge in [-0.15, -0.1) is 0 Å². The minimum atomic E-state index is -1.53. The van der Waals surface area contributed by atoms with Gasteiger partial charge in [-0.3, -0.25) is 19.8 Å². The number of aryl methyl sites for hydroxylation is 1. The summed E-state index contributed by atoms with van der Waals surface area (Å²) in [5.41, 5.74) is 6.76. The average Bonchev–Trinajstić information content (AvgIpc) is 2.94. The first kappa shape index (κ1) is 30.5. The second-order valence-corrected chi connectivity index (χ2v) is 11.0. The molecule has 0 radical (unpaired) electrons. The summed E-state index contributed by atoms with van der Waals surface area (Å²) in [5, 5.41) is 13.0. The van der Waals surface area contributed by atoms with Crippen molar-refractivity contribution in [2.75, 3.05) is 27.7 Å². The molecule has 0 aromatic heterocycles. The molecule has 4 N–H and O–H groups in total. The standard InChI is InChI=1S/C31H44N4O4/c1-5-30(29(38)39,19-9-12-23-10-7-6-8-11-23)20-17-27(36)31(28(37)32-2)26(18-21-33-34-31)25-15-13-24(14-16-25)22-35(3)4/h6-8,10-11,13-16,26,33-34H,5,9,12,17-22H2,1-4H3,(H,32,37)(H,38,39)/t26-,30?,31-/m0/s1. The third-order valence-electron chi connectivity index (χ3n) is 8.20. The number of rotatable bonds is 14. The number of carbonyl (C=O) groups excluding carboxylic acids is 2. The number of Topliss-reactive ketones (excluding diaryl/α,β-unsaturated/α-hetero) is 1. The van der Waals surface area contributed by atoms with Crippen LogP contribution in [0.25, 0.3) is 0 Å². The van der Waals surface area contributed by atoms with Crippen LogP contribution < -0.4 is 16.2 Å². The van der Waals surface area contributed by atoms with E-state index < -0.39 is 28.7 Å². The first-order chi connectivity index (χ1) is 18.7. The molecule has 3 atom stereocenters. The SMILES string of the molecule is CCC(CCCc1ccccc1)(CCC(=O)[C@@]1(C(=O)NC)NNCC[C@H]1c1ccc(CN(C)C)cc1)C(=O)O. The maximum atomic E-state index is 14.0. The summed E-state index contributed by atoms with van der Waals surface area (Å²) in [5.74, 6) is -1.98. The number of likely N-dealkylation sites (N-methyl/N-ethyl adjacent to an activating group) is 1. The summed E-state index contributed by atoms with van der Waals surface area (Å²) in [6.45, 7) is 3.26. The summed E-state index contributed by atoms with van der Waals surface area (Å²) in [7, 11) is 5.55. The Morgan fingerprint density at radius 1 is 1.05 bits per heavy atom. The highest BCUT2D eigenvalue weighted by Gasteiger charge is 2.53. The molecule has 1 saturated heterocycles. The van der Waals surface area contributed by atoms with E-state index in [4.69, 9.17) is 0 Å². The highest BCUT2D eigenvalue weighted by atomic mass is 16.4. The van der Waals surface area contributed by atoms with E-state index in [1.807, 2.05) is 75.6 Å². The van der Waals surface area contributed by atoms with Crippen LogP contribution in [0.4, 0.5) is 0 Å². The van der Waals surface area contributed by atoms with Crippen LogP contribution >= 0.6 is 0 Å². The molecule has 1 aliphatic heterocycles. The fourth-order valence-corrected chi connectivity index (χ4v) is 5.83. The predicted molar refractivity (Wildman–Crippen MR) is 153 cm³/mol. The van der Waals surface area contributed by atoms with E-state index >= 15 is 0 Å². The average molecular weight is 537 g/mol. The van der Waals surface area contributed by atoms with Gasteiger partial charge in [0.2, 0.25) is 5.91 Å². The smallest absolute Gasteiger partial charge is 0.309 e. The fourth-order valence-electron chi connectivity index (χ4n) is 5.83. The lowest BCUT2D eigenvalue weighted by Gasteiger charge is -2.43. The molecule has 3 rings (SSSR count). The van der Waals surface area contributed by atoms with Crippen molar-refractivity contribution in [3.63, 3.8) is 0 Å². The van der Waals surface area contributed by atoms with E-state index in [9.17, 15) is 19.5 Å². The molecule has 1 unspecified atom stereocenters. The number of amides is 1. The van der Waals surface area contributed by atoms with Crippen molar-refractivity contribution in [3.8, 4) is 0 Å². The van der Waals surface area contributed by atoms with Gasteiger partial charge in [0.25, 0.3) is 0 Å². The summed E-state index contributed by atoms with van der Waals surface area (Å²) < 4.78 is 0. The number of carbonyl (C=O) groups is 3. The topological polar surface area (TPSA) is 111 Å². The number of hydrazine groups is 1. The first-order valence-corrected chi connectivity index (χ1v) is 13.9. The first-order valence-electron chi connectivity index (χ1n) is 13.9. The van der Waals surface area contributed by atoms with Gasteiger partial charge < -0.3 is 15.3 Å². The molecule has 2 aromatic carbocycles. The largest absolute Gasteiger partial charge is 0.481 e. The van der Waals surface area contributed by atoms with Crippen LogP contribution in [0.1, 0.15) is 68.1 Å². The summed E-state index contributed by atoms with van der Waals surface area (Å²) in [6, 6.07) is 18.1. The molecule has 8 nitrogen and oxygen atoms in total. The van der Waals surface area contributed by atoms with E-state index in [-0.39, 0.29) is 18.6 Å². The number of carboxylic acids is 1. The second-order valence-electron chi connectivity index (χ2n) is 11.0. The van der Waals surface area contributed by atoms with Crippen molar-refractivity contribution in [1.29, 1.82) is 0 Å². The van der Waals surface area contributed by atoms with E-state index in [1.54, 1.807) is 0 Å². The number of hydrogen-bond donors (Lipinski definition) is 4. The zero-order valence-electron chi connectivity index (χ0n) is 23.8. The molecule has 8 heteroatoms. The molecular weight excluding hydrogens is 492 g/mol. The molecule has 1 aliphatic rings. The molecular formula is C31H44N4O4. The zero-order valence-corrected chi connectivity index (χ0v) is 23.8. The lowest BCUT2D eigenvalue weighted by atomic mass is 9.69. The van der Waals surface area contributed by atoms with Crippen LogP contribution in [0, 0.1) is 5.41 Å². The Bertz CT molecular complexity index is 1110. The van der Waals surface area contributed by atoms with Gasteiger partial charge in [-0.2, -0.15) is 0 Å². The van der Waals surface area contributed by atoms with Gasteiger partial charge in [0.05, 0.1) is 5.41 Å². The molecule has 0 aliphatic carbocycles. The fraction of sp³-hybridized carbons (Fsp3) is 0.516. The van der Waals surface area contributed by atoms with Crippen molar-refractivity contribution < 1.29 is 19.5 Å². The minimum Gasteiger partial charge on any atom is -0.481 e. The maximum absolute atomic E-state index is 14.0. The van der Waals surface area contributed by atoms with Gasteiger partial charge in [0, 0.05) is 32.5 Å². The van der Waals surface area contributed by atoms with Gasteiger partial charge in [-0.05, 0) is 69.3 Å². The molecule has 1 heterocycles. The van der Waals surface area contributed by atoms with Gasteiger partial charge in [-0.1, -0.05) is 61.5 Å². The quantitative estimate of drug-likeness (QED) is 0.273. The number of nitrogens with one attached hydrogen (secondary N) is 3. The second kappa shape index (κ2) is 13.8. The third kappa shape index (κ3) is 7.12. The van der Waals surface area contributed by atoms with Gasteiger partial charge in [0.15, 0.2) is 11.3 Å². The maximum Gasteiger partial charge on any atom is 0.309 e. The van der Waals surface area contributed by atoms with E-state index in [0.29, 0.717) is 32.2 Å². The van der Waals surface area contributed by atoms with E-state index in [0.717, 1.165) is 24.1 Å². The molecule has 0 saturated carbocycles. The molecule has 0 spiro atoms. The Balaban J connectivity index is 1.83. The zero-order chi connectivity index (χ0) is 28.5. The van der Waals surface area contributed by atoms with Crippen molar-refractivity contribution in [2.24, 2.45) is 5.41 Å². The Labute approximate surface area is 232 Å². The molecule has 1 amide bonds.